The van der Waals surface area contributed by atoms with E-state index < -0.39 is 0 Å². The average Bonchev–Trinajstić information content (AvgIpc) is 2.45. The van der Waals surface area contributed by atoms with Crippen LogP contribution in [0.25, 0.3) is 0 Å². The first-order valence-corrected chi connectivity index (χ1v) is 7.59. The van der Waals surface area contributed by atoms with Crippen LogP contribution in [-0.2, 0) is 0 Å². The molecule has 2 N–H and O–H groups in total. The summed E-state index contributed by atoms with van der Waals surface area (Å²) in [5, 5.41) is 14.7. The molecular weight excluding hydrogens is 252 g/mol. The topological polar surface area (TPSA) is 66.0 Å². The molecule has 112 valence electrons. The highest BCUT2D eigenvalue weighted by Crippen LogP contribution is 2.20. The molecule has 0 saturated heterocycles. The van der Waals surface area contributed by atoms with Crippen LogP contribution in [0.15, 0.2) is 6.20 Å². The van der Waals surface area contributed by atoms with Gasteiger partial charge in [-0.15, -0.1) is 5.10 Å². The second-order valence-electron chi connectivity index (χ2n) is 5.73. The Labute approximate surface area is 121 Å². The lowest BCUT2D eigenvalue weighted by Crippen LogP contribution is -2.23. The first-order chi connectivity index (χ1) is 9.74. The molecule has 0 unspecified atom stereocenters. The molecule has 0 atom stereocenters. The number of hydrogen-bond donors (Lipinski definition) is 2. The van der Waals surface area contributed by atoms with E-state index in [1.807, 2.05) is 0 Å². The van der Waals surface area contributed by atoms with Gasteiger partial charge >= 0.3 is 0 Å². The van der Waals surface area contributed by atoms with Gasteiger partial charge in [-0.25, -0.2) is 0 Å². The summed E-state index contributed by atoms with van der Waals surface area (Å²) >= 11 is 0. The van der Waals surface area contributed by atoms with Crippen molar-refractivity contribution in [1.82, 2.24) is 20.1 Å². The van der Waals surface area contributed by atoms with Crippen molar-refractivity contribution in [1.29, 1.82) is 0 Å². The number of rotatable bonds is 7. The van der Waals surface area contributed by atoms with Gasteiger partial charge in [-0.05, 0) is 39.9 Å². The van der Waals surface area contributed by atoms with Crippen LogP contribution in [0.4, 0.5) is 11.8 Å². The smallest absolute Gasteiger partial charge is 0.244 e. The summed E-state index contributed by atoms with van der Waals surface area (Å²) in [6.07, 6.45) is 9.22. The van der Waals surface area contributed by atoms with Crippen LogP contribution in [0.2, 0.25) is 0 Å². The molecular formula is C14H26N6. The molecule has 20 heavy (non-hydrogen) atoms. The van der Waals surface area contributed by atoms with E-state index >= 15 is 0 Å². The van der Waals surface area contributed by atoms with Crippen LogP contribution in [-0.4, -0.2) is 53.3 Å². The van der Waals surface area contributed by atoms with Crippen molar-refractivity contribution in [3.8, 4) is 0 Å². The van der Waals surface area contributed by atoms with Gasteiger partial charge in [0.1, 0.15) is 0 Å². The fourth-order valence-electron chi connectivity index (χ4n) is 2.50. The first kappa shape index (κ1) is 15.0. The molecule has 1 aliphatic rings. The van der Waals surface area contributed by atoms with Crippen molar-refractivity contribution in [3.63, 3.8) is 0 Å². The Hall–Kier alpha value is -1.43. The largest absolute Gasteiger partial charge is 0.366 e. The lowest BCUT2D eigenvalue weighted by Gasteiger charge is -2.23. The number of hydrogen-bond acceptors (Lipinski definition) is 6. The number of nitrogens with one attached hydrogen (secondary N) is 2. The Kier molecular flexibility index (Phi) is 5.98. The summed E-state index contributed by atoms with van der Waals surface area (Å²) in [6.45, 7) is 1.92. The van der Waals surface area contributed by atoms with Gasteiger partial charge in [-0.2, -0.15) is 10.1 Å². The predicted molar refractivity (Wildman–Crippen MR) is 82.0 cm³/mol. The van der Waals surface area contributed by atoms with Crippen molar-refractivity contribution >= 4 is 11.8 Å². The second kappa shape index (κ2) is 7.99. The number of aromatic nitrogens is 3. The molecule has 1 fully saturated rings. The first-order valence-electron chi connectivity index (χ1n) is 7.59. The van der Waals surface area contributed by atoms with Crippen LogP contribution in [0.5, 0.6) is 0 Å². The third-order valence-electron chi connectivity index (χ3n) is 3.58. The van der Waals surface area contributed by atoms with Crippen molar-refractivity contribution in [2.75, 3.05) is 37.8 Å². The minimum atomic E-state index is 0.544. The lowest BCUT2D eigenvalue weighted by atomic mass is 9.96. The zero-order chi connectivity index (χ0) is 14.2. The van der Waals surface area contributed by atoms with Gasteiger partial charge in [0.05, 0.1) is 6.20 Å². The van der Waals surface area contributed by atoms with E-state index in [-0.39, 0.29) is 0 Å². The lowest BCUT2D eigenvalue weighted by molar-refractivity contribution is 0.405. The molecule has 1 saturated carbocycles. The van der Waals surface area contributed by atoms with E-state index in [0.717, 1.165) is 25.3 Å². The molecule has 1 aromatic rings. The molecule has 1 heterocycles. The van der Waals surface area contributed by atoms with Gasteiger partial charge < -0.3 is 15.5 Å². The summed E-state index contributed by atoms with van der Waals surface area (Å²) < 4.78 is 0. The zero-order valence-electron chi connectivity index (χ0n) is 12.6. The summed E-state index contributed by atoms with van der Waals surface area (Å²) in [6, 6.07) is 0.544. The van der Waals surface area contributed by atoms with Gasteiger partial charge in [0.2, 0.25) is 5.95 Å². The summed E-state index contributed by atoms with van der Waals surface area (Å²) in [7, 11) is 4.15. The van der Waals surface area contributed by atoms with Crippen molar-refractivity contribution in [3.05, 3.63) is 6.20 Å². The van der Waals surface area contributed by atoms with Crippen molar-refractivity contribution < 1.29 is 0 Å². The highest BCUT2D eigenvalue weighted by molar-refractivity contribution is 5.37. The Morgan fingerprint density at radius 3 is 2.80 bits per heavy atom. The normalized spacial score (nSPS) is 16.4. The summed E-state index contributed by atoms with van der Waals surface area (Å²) in [5.74, 6) is 1.45. The molecule has 2 rings (SSSR count). The van der Waals surface area contributed by atoms with Gasteiger partial charge in [-0.3, -0.25) is 0 Å². The van der Waals surface area contributed by atoms with E-state index in [0.29, 0.717) is 12.0 Å². The maximum absolute atomic E-state index is 4.47. The SMILES string of the molecule is CN(C)CCCNc1nncc(NC2CCCCC2)n1. The molecule has 1 aliphatic carbocycles. The number of nitrogens with zero attached hydrogens (tertiary/aromatic N) is 4. The van der Waals surface area contributed by atoms with Gasteiger partial charge in [0.15, 0.2) is 5.82 Å². The maximum atomic E-state index is 4.47. The van der Waals surface area contributed by atoms with Gasteiger partial charge in [0, 0.05) is 12.6 Å². The van der Waals surface area contributed by atoms with Crippen molar-refractivity contribution in [2.45, 2.75) is 44.6 Å². The average molecular weight is 278 g/mol. The van der Waals surface area contributed by atoms with Crippen LogP contribution < -0.4 is 10.6 Å². The standard InChI is InChI=1S/C14H26N6/c1-20(2)10-6-9-15-14-18-13(11-16-19-14)17-12-7-4-3-5-8-12/h11-12H,3-10H2,1-2H3,(H2,15,17,18,19). The Balaban J connectivity index is 1.78. The van der Waals surface area contributed by atoms with Crippen LogP contribution in [0.3, 0.4) is 0 Å². The predicted octanol–water partition coefficient (Wildman–Crippen LogP) is 1.98. The molecule has 0 radical (unpaired) electrons. The Morgan fingerprint density at radius 1 is 1.25 bits per heavy atom. The molecule has 0 aliphatic heterocycles. The highest BCUT2D eigenvalue weighted by atomic mass is 15.3. The Bertz CT molecular complexity index is 389. The molecule has 6 heteroatoms. The highest BCUT2D eigenvalue weighted by Gasteiger charge is 2.13. The minimum Gasteiger partial charge on any atom is -0.366 e. The zero-order valence-corrected chi connectivity index (χ0v) is 12.6. The molecule has 0 spiro atoms. The monoisotopic (exact) mass is 278 g/mol. The van der Waals surface area contributed by atoms with Crippen LogP contribution in [0, 0.1) is 0 Å². The van der Waals surface area contributed by atoms with Crippen LogP contribution >= 0.6 is 0 Å². The third kappa shape index (κ3) is 5.28. The molecule has 0 bridgehead atoms. The minimum absolute atomic E-state index is 0.544. The summed E-state index contributed by atoms with van der Waals surface area (Å²) in [4.78, 5) is 6.64. The fraction of sp³-hybridized carbons (Fsp3) is 0.786. The van der Waals surface area contributed by atoms with E-state index in [4.69, 9.17) is 0 Å². The van der Waals surface area contributed by atoms with Gasteiger partial charge in [0.25, 0.3) is 0 Å². The Morgan fingerprint density at radius 2 is 2.05 bits per heavy atom. The molecule has 0 aromatic carbocycles. The van der Waals surface area contributed by atoms with E-state index in [9.17, 15) is 0 Å². The van der Waals surface area contributed by atoms with Crippen LogP contribution in [0.1, 0.15) is 38.5 Å². The van der Waals surface area contributed by atoms with Gasteiger partial charge in [-0.1, -0.05) is 19.3 Å². The van der Waals surface area contributed by atoms with E-state index in [1.54, 1.807) is 6.20 Å². The maximum Gasteiger partial charge on any atom is 0.244 e. The number of anilines is 2. The van der Waals surface area contributed by atoms with E-state index in [2.05, 4.69) is 44.8 Å². The van der Waals surface area contributed by atoms with Crippen molar-refractivity contribution in [2.24, 2.45) is 0 Å². The molecule has 0 amide bonds. The molecule has 6 nitrogen and oxygen atoms in total. The quantitative estimate of drug-likeness (QED) is 0.744. The third-order valence-corrected chi connectivity index (χ3v) is 3.58. The fourth-order valence-corrected chi connectivity index (χ4v) is 2.50. The molecule has 1 aromatic heterocycles. The summed E-state index contributed by atoms with van der Waals surface area (Å²) in [5.41, 5.74) is 0. The second-order valence-corrected chi connectivity index (χ2v) is 5.73. The van der Waals surface area contributed by atoms with E-state index in [1.165, 1.54) is 32.1 Å².